The average Bonchev–Trinajstić information content (AvgIpc) is 3.62. The number of H-pyrrole nitrogens is 2. The van der Waals surface area contributed by atoms with E-state index in [0.717, 1.165) is 64.7 Å². The molecule has 6 atom stereocenters. The normalized spacial score (nSPS) is 25.3. The van der Waals surface area contributed by atoms with Crippen molar-refractivity contribution in [2.75, 3.05) is 32.7 Å². The van der Waals surface area contributed by atoms with Crippen LogP contribution in [0.2, 0.25) is 0 Å². The van der Waals surface area contributed by atoms with E-state index in [1.165, 1.54) is 55.4 Å². The number of hydrogen-bond acceptors (Lipinski definition) is 4. The average molecular weight is 708 g/mol. The number of fused-ring (bicyclic) bond motifs is 4. The monoisotopic (exact) mass is 707 g/mol. The van der Waals surface area contributed by atoms with Gasteiger partial charge in [-0.25, -0.2) is 4.79 Å². The Bertz CT molecular complexity index is 1910. The van der Waals surface area contributed by atoms with E-state index in [1.54, 1.807) is 0 Å². The second kappa shape index (κ2) is 15.3. The van der Waals surface area contributed by atoms with Crippen LogP contribution in [0.3, 0.4) is 0 Å². The Hall–Kier alpha value is -3.82. The Morgan fingerprint density at radius 2 is 1.23 bits per heavy atom. The zero-order chi connectivity index (χ0) is 36.7. The highest BCUT2D eigenvalue weighted by atomic mass is 16.2. The zero-order valence-corrected chi connectivity index (χ0v) is 32.5. The van der Waals surface area contributed by atoms with Crippen LogP contribution in [0.25, 0.3) is 21.8 Å². The van der Waals surface area contributed by atoms with Crippen molar-refractivity contribution < 1.29 is 9.59 Å². The molecule has 0 radical (unpaired) electrons. The SMILES string of the molecule is CCCN1C[C@@H](NC(=O)C(C)C)C[C@@H]2c3cccc4[nH]c(C)c(c34)C[C@H]21.CCCN1C[C@@H](NC(=O)NCC)C[C@@H]2c3cccc4[nH]c(C)c(c34)C[C@H]21. The summed E-state index contributed by atoms with van der Waals surface area (Å²) in [7, 11) is 0. The number of aromatic amines is 2. The minimum atomic E-state index is -0.0420. The Kier molecular flexibility index (Phi) is 10.7. The number of aromatic nitrogens is 2. The third-order valence-electron chi connectivity index (χ3n) is 12.4. The molecule has 9 heteroatoms. The zero-order valence-electron chi connectivity index (χ0n) is 32.5. The number of amides is 3. The third kappa shape index (κ3) is 6.86. The van der Waals surface area contributed by atoms with Gasteiger partial charge in [-0.1, -0.05) is 52.0 Å². The van der Waals surface area contributed by atoms with Crippen LogP contribution in [0.15, 0.2) is 36.4 Å². The summed E-state index contributed by atoms with van der Waals surface area (Å²) in [6.07, 6.45) is 6.59. The van der Waals surface area contributed by atoms with Gasteiger partial charge in [-0.05, 0) is 107 Å². The molecule has 0 unspecified atom stereocenters. The first-order valence-electron chi connectivity index (χ1n) is 20.1. The minimum absolute atomic E-state index is 0.0420. The van der Waals surface area contributed by atoms with Crippen LogP contribution in [-0.2, 0) is 17.6 Å². The van der Waals surface area contributed by atoms with Gasteiger partial charge in [0.15, 0.2) is 0 Å². The minimum Gasteiger partial charge on any atom is -0.358 e. The first kappa shape index (κ1) is 36.5. The molecule has 0 spiro atoms. The van der Waals surface area contributed by atoms with Crippen LogP contribution in [0.4, 0.5) is 4.79 Å². The summed E-state index contributed by atoms with van der Waals surface area (Å²) in [5.74, 6) is 1.20. The summed E-state index contributed by atoms with van der Waals surface area (Å²) in [5.41, 5.74) is 11.1. The maximum Gasteiger partial charge on any atom is 0.315 e. The molecule has 0 bridgehead atoms. The van der Waals surface area contributed by atoms with Crippen molar-refractivity contribution in [3.63, 3.8) is 0 Å². The molecule has 2 fully saturated rings. The lowest BCUT2D eigenvalue weighted by Crippen LogP contribution is -2.57. The fourth-order valence-corrected chi connectivity index (χ4v) is 10.2. The Balaban J connectivity index is 0.000000162. The number of nitrogens with one attached hydrogen (secondary N) is 5. The highest BCUT2D eigenvalue weighted by molar-refractivity contribution is 5.90. The van der Waals surface area contributed by atoms with E-state index in [-0.39, 0.29) is 29.9 Å². The number of likely N-dealkylation sites (tertiary alicyclic amines) is 2. The summed E-state index contributed by atoms with van der Waals surface area (Å²) >= 11 is 0. The van der Waals surface area contributed by atoms with Crippen LogP contribution < -0.4 is 16.0 Å². The molecule has 2 saturated heterocycles. The van der Waals surface area contributed by atoms with E-state index >= 15 is 0 Å². The summed E-state index contributed by atoms with van der Waals surface area (Å²) in [6, 6.07) is 14.8. The number of benzene rings is 2. The second-order valence-electron chi connectivity index (χ2n) is 16.3. The Morgan fingerprint density at radius 3 is 1.67 bits per heavy atom. The third-order valence-corrected chi connectivity index (χ3v) is 12.4. The molecule has 2 aromatic carbocycles. The lowest BCUT2D eigenvalue weighted by atomic mass is 9.73. The molecule has 3 amide bonds. The highest BCUT2D eigenvalue weighted by Crippen LogP contribution is 2.46. The van der Waals surface area contributed by atoms with Crippen LogP contribution in [0, 0.1) is 19.8 Å². The van der Waals surface area contributed by atoms with Crippen molar-refractivity contribution in [3.8, 4) is 0 Å². The van der Waals surface area contributed by atoms with E-state index in [1.807, 2.05) is 20.8 Å². The number of hydrogen-bond donors (Lipinski definition) is 5. The van der Waals surface area contributed by atoms with Gasteiger partial charge in [0.1, 0.15) is 0 Å². The van der Waals surface area contributed by atoms with E-state index in [2.05, 4.69) is 99.8 Å². The van der Waals surface area contributed by atoms with Crippen molar-refractivity contribution in [1.29, 1.82) is 0 Å². The smallest absolute Gasteiger partial charge is 0.315 e. The predicted octanol–water partition coefficient (Wildman–Crippen LogP) is 7.03. The number of nitrogens with zero attached hydrogens (tertiary/aromatic N) is 2. The van der Waals surface area contributed by atoms with Crippen LogP contribution in [0.1, 0.15) is 106 Å². The molecule has 52 heavy (non-hydrogen) atoms. The topological polar surface area (TPSA) is 108 Å². The number of urea groups is 1. The molecule has 8 rings (SSSR count). The van der Waals surface area contributed by atoms with E-state index in [9.17, 15) is 9.59 Å². The van der Waals surface area contributed by atoms with Crippen molar-refractivity contribution in [2.45, 2.75) is 123 Å². The lowest BCUT2D eigenvalue weighted by Gasteiger charge is -2.47. The van der Waals surface area contributed by atoms with Gasteiger partial charge in [-0.3, -0.25) is 14.6 Å². The van der Waals surface area contributed by atoms with Gasteiger partial charge in [0.2, 0.25) is 5.91 Å². The summed E-state index contributed by atoms with van der Waals surface area (Å²) in [6.45, 7) is 19.6. The molecule has 4 heterocycles. The van der Waals surface area contributed by atoms with Crippen molar-refractivity contribution in [3.05, 3.63) is 70.0 Å². The van der Waals surface area contributed by atoms with Crippen molar-refractivity contribution >= 4 is 33.7 Å². The molecule has 5 N–H and O–H groups in total. The largest absolute Gasteiger partial charge is 0.358 e. The molecular weight excluding hydrogens is 647 g/mol. The molecule has 2 aliphatic heterocycles. The fraction of sp³-hybridized carbons (Fsp3) is 0.581. The maximum absolute atomic E-state index is 12.3. The lowest BCUT2D eigenvalue weighted by molar-refractivity contribution is -0.125. The van der Waals surface area contributed by atoms with E-state index in [0.29, 0.717) is 30.5 Å². The molecular formula is C43H61N7O2. The number of carbonyl (C=O) groups is 2. The molecule has 4 aromatic rings. The summed E-state index contributed by atoms with van der Waals surface area (Å²) in [5, 5.41) is 12.3. The predicted molar refractivity (Wildman–Crippen MR) is 212 cm³/mol. The Labute approximate surface area is 310 Å². The number of rotatable bonds is 8. The van der Waals surface area contributed by atoms with Gasteiger partial charge >= 0.3 is 6.03 Å². The van der Waals surface area contributed by atoms with Crippen molar-refractivity contribution in [1.82, 2.24) is 35.7 Å². The molecule has 2 aliphatic carbocycles. The quantitative estimate of drug-likeness (QED) is 0.136. The molecule has 2 aromatic heterocycles. The van der Waals surface area contributed by atoms with E-state index < -0.39 is 0 Å². The first-order chi connectivity index (χ1) is 25.1. The number of carbonyl (C=O) groups excluding carboxylic acids is 2. The van der Waals surface area contributed by atoms with Gasteiger partial charge in [0.25, 0.3) is 0 Å². The molecule has 280 valence electrons. The van der Waals surface area contributed by atoms with Gasteiger partial charge in [-0.2, -0.15) is 0 Å². The second-order valence-corrected chi connectivity index (χ2v) is 16.3. The van der Waals surface area contributed by atoms with Crippen molar-refractivity contribution in [2.24, 2.45) is 5.92 Å². The van der Waals surface area contributed by atoms with Gasteiger partial charge in [0.05, 0.1) is 0 Å². The maximum atomic E-state index is 12.3. The van der Waals surface area contributed by atoms with Gasteiger partial charge in [0, 0.05) is 94.7 Å². The molecule has 9 nitrogen and oxygen atoms in total. The van der Waals surface area contributed by atoms with Crippen LogP contribution in [0.5, 0.6) is 0 Å². The molecule has 0 saturated carbocycles. The van der Waals surface area contributed by atoms with Crippen LogP contribution >= 0.6 is 0 Å². The van der Waals surface area contributed by atoms with Gasteiger partial charge < -0.3 is 25.9 Å². The number of aryl methyl sites for hydroxylation is 2. The summed E-state index contributed by atoms with van der Waals surface area (Å²) in [4.78, 5) is 36.8. The fourth-order valence-electron chi connectivity index (χ4n) is 10.2. The summed E-state index contributed by atoms with van der Waals surface area (Å²) < 4.78 is 0. The van der Waals surface area contributed by atoms with Gasteiger partial charge in [-0.15, -0.1) is 0 Å². The Morgan fingerprint density at radius 1 is 0.750 bits per heavy atom. The first-order valence-corrected chi connectivity index (χ1v) is 20.1. The standard InChI is InChI=1S/C22H31N3O.C21H30N4O/c1-5-9-25-12-15(24-22(26)13(2)3)10-18-16-7-6-8-19-21(16)17(11-20(18)25)14(4)23-19;1-4-9-25-12-14(24-21(26)22-5-2)10-17-15-7-6-8-18-20(15)16(11-19(17)25)13(3)23-18/h6-8,13,15,18,20,23H,5,9-12H2,1-4H3,(H,24,26);6-8,14,17,19,23H,4-5,9-12H2,1-3H3,(H2,22,24,26)/t15-,18+,20+;14-,17+,19+/m00/s1. The molecule has 4 aliphatic rings. The van der Waals surface area contributed by atoms with Crippen LogP contribution in [-0.4, -0.2) is 88.6 Å². The highest BCUT2D eigenvalue weighted by Gasteiger charge is 2.43. The van der Waals surface area contributed by atoms with E-state index in [4.69, 9.17) is 0 Å². The number of piperidine rings is 2.